The van der Waals surface area contributed by atoms with Crippen molar-refractivity contribution in [3.05, 3.63) is 59.9 Å². The predicted octanol–water partition coefficient (Wildman–Crippen LogP) is 3.03. The quantitative estimate of drug-likeness (QED) is 0.485. The molecule has 19 heavy (non-hydrogen) atoms. The Hall–Kier alpha value is -2.68. The van der Waals surface area contributed by atoms with Gasteiger partial charge in [0.25, 0.3) is 0 Å². The van der Waals surface area contributed by atoms with Gasteiger partial charge >= 0.3 is 0 Å². The van der Waals surface area contributed by atoms with Crippen molar-refractivity contribution in [3.8, 4) is 11.1 Å². The second kappa shape index (κ2) is 3.42. The highest BCUT2D eigenvalue weighted by Crippen LogP contribution is 2.40. The summed E-state index contributed by atoms with van der Waals surface area (Å²) in [5.41, 5.74) is 9.75. The van der Waals surface area contributed by atoms with Crippen molar-refractivity contribution in [2.24, 2.45) is 0 Å². The number of anilines is 1. The highest BCUT2D eigenvalue weighted by molar-refractivity contribution is 6.28. The number of nitrogens with two attached hydrogens (primary N) is 1. The lowest BCUT2D eigenvalue weighted by atomic mass is 9.83. The fourth-order valence-corrected chi connectivity index (χ4v) is 2.79. The van der Waals surface area contributed by atoms with E-state index in [1.54, 1.807) is 18.5 Å². The van der Waals surface area contributed by atoms with Gasteiger partial charge in [-0.2, -0.15) is 0 Å². The number of fused-ring (bicyclic) bond motifs is 2. The van der Waals surface area contributed by atoms with Crippen molar-refractivity contribution in [2.75, 3.05) is 5.73 Å². The Labute approximate surface area is 109 Å². The molecule has 2 N–H and O–H groups in total. The smallest absolute Gasteiger partial charge is 0.196 e. The van der Waals surface area contributed by atoms with Gasteiger partial charge in [-0.25, -0.2) is 0 Å². The largest absolute Gasteiger partial charge is 0.398 e. The normalized spacial score (nSPS) is 12.5. The number of aromatic nitrogens is 1. The van der Waals surface area contributed by atoms with E-state index < -0.39 is 0 Å². The van der Waals surface area contributed by atoms with E-state index in [0.29, 0.717) is 16.8 Å². The van der Waals surface area contributed by atoms with Gasteiger partial charge < -0.3 is 5.73 Å². The summed E-state index contributed by atoms with van der Waals surface area (Å²) in [6.45, 7) is 0. The van der Waals surface area contributed by atoms with Gasteiger partial charge in [-0.05, 0) is 11.6 Å². The Balaban J connectivity index is 2.30. The van der Waals surface area contributed by atoms with E-state index >= 15 is 0 Å². The number of benzene rings is 2. The van der Waals surface area contributed by atoms with E-state index in [9.17, 15) is 4.79 Å². The molecule has 0 fully saturated rings. The molecular weight excluding hydrogens is 236 g/mol. The second-order valence-corrected chi connectivity index (χ2v) is 4.69. The molecule has 3 aromatic rings. The van der Waals surface area contributed by atoms with E-state index in [1.165, 1.54) is 0 Å². The van der Waals surface area contributed by atoms with Gasteiger partial charge in [-0.15, -0.1) is 0 Å². The van der Waals surface area contributed by atoms with Gasteiger partial charge in [-0.3, -0.25) is 9.78 Å². The number of hydrogen-bond donors (Lipinski definition) is 1. The summed E-state index contributed by atoms with van der Waals surface area (Å²) in [5, 5.41) is 1.86. The molecule has 90 valence electrons. The van der Waals surface area contributed by atoms with Crippen molar-refractivity contribution in [1.82, 2.24) is 4.98 Å². The average molecular weight is 246 g/mol. The molecule has 1 aliphatic rings. The topological polar surface area (TPSA) is 56.0 Å². The predicted molar refractivity (Wildman–Crippen MR) is 75.0 cm³/mol. The van der Waals surface area contributed by atoms with Crippen LogP contribution in [0.4, 0.5) is 5.69 Å². The molecule has 0 spiro atoms. The third kappa shape index (κ3) is 1.21. The second-order valence-electron chi connectivity index (χ2n) is 4.69. The number of hydrogen-bond acceptors (Lipinski definition) is 3. The molecule has 1 heterocycles. The summed E-state index contributed by atoms with van der Waals surface area (Å²) in [6, 6.07) is 11.3. The number of pyridine rings is 1. The third-order valence-corrected chi connectivity index (χ3v) is 3.65. The Morgan fingerprint density at radius 2 is 1.68 bits per heavy atom. The summed E-state index contributed by atoms with van der Waals surface area (Å²) in [7, 11) is 0. The van der Waals surface area contributed by atoms with Crippen LogP contribution in [0, 0.1) is 0 Å². The molecule has 3 heteroatoms. The van der Waals surface area contributed by atoms with Crippen LogP contribution in [0.2, 0.25) is 0 Å². The molecule has 3 nitrogen and oxygen atoms in total. The van der Waals surface area contributed by atoms with Crippen LogP contribution in [0.5, 0.6) is 0 Å². The molecule has 1 aliphatic carbocycles. The van der Waals surface area contributed by atoms with Crippen molar-refractivity contribution in [1.29, 1.82) is 0 Å². The summed E-state index contributed by atoms with van der Waals surface area (Å²) in [4.78, 5) is 16.9. The molecule has 0 saturated heterocycles. The van der Waals surface area contributed by atoms with Crippen LogP contribution in [0.25, 0.3) is 21.9 Å². The summed E-state index contributed by atoms with van der Waals surface area (Å²) >= 11 is 0. The first-order chi connectivity index (χ1) is 9.27. The number of rotatable bonds is 0. The molecule has 0 aliphatic heterocycles. The lowest BCUT2D eigenvalue weighted by Crippen LogP contribution is -2.12. The Morgan fingerprint density at radius 3 is 2.53 bits per heavy atom. The first-order valence-electron chi connectivity index (χ1n) is 6.07. The zero-order valence-electron chi connectivity index (χ0n) is 10.1. The fourth-order valence-electron chi connectivity index (χ4n) is 2.79. The van der Waals surface area contributed by atoms with Crippen molar-refractivity contribution >= 4 is 22.2 Å². The Morgan fingerprint density at radius 1 is 0.895 bits per heavy atom. The van der Waals surface area contributed by atoms with Gasteiger partial charge in [0.05, 0.1) is 5.56 Å². The number of ketones is 1. The van der Waals surface area contributed by atoms with E-state index in [0.717, 1.165) is 21.9 Å². The molecule has 0 unspecified atom stereocenters. The molecule has 0 bridgehead atoms. The number of nitrogen functional groups attached to an aromatic ring is 1. The number of carbonyl (C=O) groups is 1. The first kappa shape index (κ1) is 10.3. The minimum atomic E-state index is -0.00241. The monoisotopic (exact) mass is 246 g/mol. The minimum Gasteiger partial charge on any atom is -0.398 e. The Bertz CT molecular complexity index is 852. The van der Waals surface area contributed by atoms with Crippen LogP contribution in [0.3, 0.4) is 0 Å². The maximum atomic E-state index is 12.6. The van der Waals surface area contributed by atoms with Crippen LogP contribution in [-0.2, 0) is 0 Å². The maximum absolute atomic E-state index is 12.6. The molecule has 0 amide bonds. The van der Waals surface area contributed by atoms with Gasteiger partial charge in [0.1, 0.15) is 0 Å². The van der Waals surface area contributed by atoms with Crippen LogP contribution < -0.4 is 5.73 Å². The van der Waals surface area contributed by atoms with E-state index in [-0.39, 0.29) is 5.78 Å². The zero-order chi connectivity index (χ0) is 13.0. The maximum Gasteiger partial charge on any atom is 0.196 e. The van der Waals surface area contributed by atoms with Crippen molar-refractivity contribution < 1.29 is 4.79 Å². The van der Waals surface area contributed by atoms with Crippen molar-refractivity contribution in [2.45, 2.75) is 0 Å². The van der Waals surface area contributed by atoms with Crippen LogP contribution in [0.1, 0.15) is 15.9 Å². The van der Waals surface area contributed by atoms with E-state index in [4.69, 9.17) is 5.73 Å². The molecule has 1 aromatic heterocycles. The lowest BCUT2D eigenvalue weighted by molar-refractivity contribution is 0.104. The molecule has 0 saturated carbocycles. The SMILES string of the molecule is Nc1ccc2cncc3c2c1C(=O)c1ccccc1-3. The van der Waals surface area contributed by atoms with E-state index in [2.05, 4.69) is 4.98 Å². The van der Waals surface area contributed by atoms with Crippen LogP contribution in [0.15, 0.2) is 48.8 Å². The molecule has 4 rings (SSSR count). The fraction of sp³-hybridized carbons (Fsp3) is 0. The zero-order valence-corrected chi connectivity index (χ0v) is 10.1. The van der Waals surface area contributed by atoms with Crippen molar-refractivity contribution in [3.63, 3.8) is 0 Å². The van der Waals surface area contributed by atoms with Gasteiger partial charge in [0, 0.05) is 40.0 Å². The number of nitrogens with zero attached hydrogens (tertiary/aromatic N) is 1. The van der Waals surface area contributed by atoms with Gasteiger partial charge in [0.15, 0.2) is 5.78 Å². The minimum absolute atomic E-state index is 0.00241. The molecule has 2 aromatic carbocycles. The third-order valence-electron chi connectivity index (χ3n) is 3.65. The highest BCUT2D eigenvalue weighted by atomic mass is 16.1. The molecular formula is C16H10N2O. The Kier molecular flexibility index (Phi) is 1.85. The number of carbonyl (C=O) groups excluding carboxylic acids is 1. The lowest BCUT2D eigenvalue weighted by Gasteiger charge is -2.20. The standard InChI is InChI=1S/C16H10N2O/c17-13-6-5-9-7-18-8-12-10-3-1-2-4-11(10)16(19)15(13)14(9)12/h1-8H,17H2. The average Bonchev–Trinajstić information content (AvgIpc) is 2.45. The highest BCUT2D eigenvalue weighted by Gasteiger charge is 2.26. The van der Waals surface area contributed by atoms with Crippen LogP contribution >= 0.6 is 0 Å². The van der Waals surface area contributed by atoms with Gasteiger partial charge in [0.2, 0.25) is 0 Å². The summed E-state index contributed by atoms with van der Waals surface area (Å²) < 4.78 is 0. The summed E-state index contributed by atoms with van der Waals surface area (Å²) in [6.07, 6.45) is 3.57. The molecule has 0 radical (unpaired) electrons. The summed E-state index contributed by atoms with van der Waals surface area (Å²) in [5.74, 6) is -0.00241. The van der Waals surface area contributed by atoms with Crippen LogP contribution in [-0.4, -0.2) is 10.8 Å². The van der Waals surface area contributed by atoms with E-state index in [1.807, 2.05) is 30.3 Å². The first-order valence-corrected chi connectivity index (χ1v) is 6.07. The van der Waals surface area contributed by atoms with Gasteiger partial charge in [-0.1, -0.05) is 30.3 Å². The molecule has 0 atom stereocenters.